The first kappa shape index (κ1) is 30.3. The van der Waals surface area contributed by atoms with Gasteiger partial charge in [0.25, 0.3) is 0 Å². The molecule has 4 aromatic rings. The van der Waals surface area contributed by atoms with Crippen LogP contribution in [0, 0.1) is 0 Å². The van der Waals surface area contributed by atoms with Crippen LogP contribution in [0.5, 0.6) is 5.75 Å². The molecule has 0 unspecified atom stereocenters. The summed E-state index contributed by atoms with van der Waals surface area (Å²) < 4.78 is 33.8. The van der Waals surface area contributed by atoms with Crippen molar-refractivity contribution in [2.75, 3.05) is 37.2 Å². The van der Waals surface area contributed by atoms with Crippen molar-refractivity contribution >= 4 is 27.0 Å². The van der Waals surface area contributed by atoms with Gasteiger partial charge in [-0.1, -0.05) is 57.0 Å². The molecule has 0 fully saturated rings. The minimum Gasteiger partial charge on any atom is -0.494 e. The number of ketones is 1. The van der Waals surface area contributed by atoms with Crippen molar-refractivity contribution < 1.29 is 17.9 Å². The first-order valence-corrected chi connectivity index (χ1v) is 16.4. The number of nitrogens with zero attached hydrogens (tertiary/aromatic N) is 2. The number of carbonyl (C=O) groups excluding carboxylic acids is 1. The standard InChI is InChI=1S/C33H41N3O4S/c1-4-6-19-35(20-7-5-2)21-11-23-40-30-16-14-27(15-17-30)33(37)32-31(26-12-9-8-10-13-26)25-29-24-28(18-22-36(29)32)34-41(3,38)39/h8-10,12-18,22,24-25,34H,4-7,11,19-21,23H2,1-3H3. The molecule has 0 atom stereocenters. The Hall–Kier alpha value is -3.62. The largest absolute Gasteiger partial charge is 0.494 e. The van der Waals surface area contributed by atoms with Gasteiger partial charge in [0.15, 0.2) is 0 Å². The topological polar surface area (TPSA) is 80.1 Å². The number of carbonyl (C=O) groups is 1. The van der Waals surface area contributed by atoms with Crippen LogP contribution in [0.3, 0.4) is 0 Å². The number of nitrogens with one attached hydrogen (secondary N) is 1. The van der Waals surface area contributed by atoms with Gasteiger partial charge >= 0.3 is 0 Å². The highest BCUT2D eigenvalue weighted by molar-refractivity contribution is 7.92. The van der Waals surface area contributed by atoms with E-state index in [-0.39, 0.29) is 5.78 Å². The number of pyridine rings is 1. The van der Waals surface area contributed by atoms with E-state index < -0.39 is 10.0 Å². The second kappa shape index (κ2) is 14.3. The van der Waals surface area contributed by atoms with Crippen molar-refractivity contribution in [3.63, 3.8) is 0 Å². The van der Waals surface area contributed by atoms with Gasteiger partial charge in [-0.3, -0.25) is 9.52 Å². The number of unbranched alkanes of at least 4 members (excludes halogenated alkanes) is 2. The third-order valence-electron chi connectivity index (χ3n) is 7.04. The number of anilines is 1. The molecule has 2 aromatic heterocycles. The first-order valence-electron chi connectivity index (χ1n) is 14.5. The number of hydrogen-bond donors (Lipinski definition) is 1. The summed E-state index contributed by atoms with van der Waals surface area (Å²) >= 11 is 0. The molecule has 0 saturated heterocycles. The van der Waals surface area contributed by atoms with Gasteiger partial charge in [0.2, 0.25) is 15.8 Å². The smallest absolute Gasteiger partial charge is 0.229 e. The Balaban J connectivity index is 1.50. The van der Waals surface area contributed by atoms with E-state index in [9.17, 15) is 13.2 Å². The Morgan fingerprint density at radius 2 is 1.54 bits per heavy atom. The molecule has 8 heteroatoms. The maximum absolute atomic E-state index is 13.9. The molecule has 0 aliphatic heterocycles. The Labute approximate surface area is 244 Å². The molecule has 0 spiro atoms. The summed E-state index contributed by atoms with van der Waals surface area (Å²) in [5.74, 6) is 0.622. The predicted molar refractivity (Wildman–Crippen MR) is 168 cm³/mol. The Bertz CT molecular complexity index is 1520. The van der Waals surface area contributed by atoms with Crippen LogP contribution in [-0.2, 0) is 10.0 Å². The number of fused-ring (bicyclic) bond motifs is 1. The number of hydrogen-bond acceptors (Lipinski definition) is 5. The molecule has 0 bridgehead atoms. The highest BCUT2D eigenvalue weighted by Crippen LogP contribution is 2.31. The average molecular weight is 576 g/mol. The molecular weight excluding hydrogens is 534 g/mol. The lowest BCUT2D eigenvalue weighted by Crippen LogP contribution is -2.28. The zero-order valence-electron chi connectivity index (χ0n) is 24.3. The number of aromatic nitrogens is 1. The summed E-state index contributed by atoms with van der Waals surface area (Å²) in [6, 6.07) is 22.3. The summed E-state index contributed by atoms with van der Waals surface area (Å²) in [6.07, 6.45) is 8.66. The second-order valence-corrected chi connectivity index (χ2v) is 12.2. The van der Waals surface area contributed by atoms with E-state index in [0.29, 0.717) is 29.1 Å². The van der Waals surface area contributed by atoms with Gasteiger partial charge in [0.05, 0.1) is 18.6 Å². The van der Waals surface area contributed by atoms with Crippen molar-refractivity contribution in [2.24, 2.45) is 0 Å². The normalized spacial score (nSPS) is 11.7. The minimum absolute atomic E-state index is 0.123. The van der Waals surface area contributed by atoms with Crippen LogP contribution in [-0.4, -0.2) is 56.0 Å². The number of benzene rings is 2. The fourth-order valence-corrected chi connectivity index (χ4v) is 5.50. The molecule has 1 N–H and O–H groups in total. The Morgan fingerprint density at radius 3 is 2.17 bits per heavy atom. The molecule has 0 aliphatic rings. The van der Waals surface area contributed by atoms with Gasteiger partial charge in [0, 0.05) is 29.4 Å². The van der Waals surface area contributed by atoms with Gasteiger partial charge in [-0.15, -0.1) is 0 Å². The second-order valence-electron chi connectivity index (χ2n) is 10.5. The van der Waals surface area contributed by atoms with Crippen molar-refractivity contribution in [2.45, 2.75) is 46.0 Å². The first-order chi connectivity index (χ1) is 19.8. The van der Waals surface area contributed by atoms with E-state index in [4.69, 9.17) is 4.74 Å². The van der Waals surface area contributed by atoms with Crippen LogP contribution < -0.4 is 9.46 Å². The van der Waals surface area contributed by atoms with Crippen LogP contribution in [0.15, 0.2) is 79.0 Å². The van der Waals surface area contributed by atoms with Gasteiger partial charge in [-0.25, -0.2) is 8.42 Å². The van der Waals surface area contributed by atoms with Crippen molar-refractivity contribution in [1.29, 1.82) is 0 Å². The SMILES string of the molecule is CCCCN(CCCC)CCCOc1ccc(C(=O)c2c(-c3ccccc3)cc3cc(NS(C)(=O)=O)ccn23)cc1. The van der Waals surface area contributed by atoms with E-state index in [0.717, 1.165) is 49.2 Å². The van der Waals surface area contributed by atoms with Gasteiger partial charge in [0.1, 0.15) is 11.4 Å². The molecule has 218 valence electrons. The van der Waals surface area contributed by atoms with Crippen LogP contribution in [0.25, 0.3) is 16.6 Å². The zero-order chi connectivity index (χ0) is 29.2. The summed E-state index contributed by atoms with van der Waals surface area (Å²) in [5.41, 5.74) is 3.92. The summed E-state index contributed by atoms with van der Waals surface area (Å²) in [4.78, 5) is 16.4. The number of ether oxygens (including phenoxy) is 1. The van der Waals surface area contributed by atoms with Crippen LogP contribution in [0.2, 0.25) is 0 Å². The maximum atomic E-state index is 13.9. The van der Waals surface area contributed by atoms with E-state index >= 15 is 0 Å². The van der Waals surface area contributed by atoms with E-state index in [1.54, 1.807) is 30.5 Å². The molecule has 2 heterocycles. The zero-order valence-corrected chi connectivity index (χ0v) is 25.1. The van der Waals surface area contributed by atoms with Crippen LogP contribution >= 0.6 is 0 Å². The van der Waals surface area contributed by atoms with E-state index in [1.807, 2.05) is 52.9 Å². The summed E-state index contributed by atoms with van der Waals surface area (Å²) in [7, 11) is -3.43. The molecule has 4 rings (SSSR count). The van der Waals surface area contributed by atoms with E-state index in [2.05, 4.69) is 23.5 Å². The fraction of sp³-hybridized carbons (Fsp3) is 0.364. The Kier molecular flexibility index (Phi) is 10.6. The maximum Gasteiger partial charge on any atom is 0.229 e. The minimum atomic E-state index is -3.43. The predicted octanol–water partition coefficient (Wildman–Crippen LogP) is 6.88. The fourth-order valence-electron chi connectivity index (χ4n) is 4.94. The third-order valence-corrected chi connectivity index (χ3v) is 7.64. The molecule has 0 amide bonds. The lowest BCUT2D eigenvalue weighted by Gasteiger charge is -2.21. The number of rotatable bonds is 16. The molecule has 41 heavy (non-hydrogen) atoms. The van der Waals surface area contributed by atoms with Crippen molar-refractivity contribution in [3.8, 4) is 16.9 Å². The molecular formula is C33H41N3O4S. The number of sulfonamides is 1. The monoisotopic (exact) mass is 575 g/mol. The lowest BCUT2D eigenvalue weighted by atomic mass is 10.0. The highest BCUT2D eigenvalue weighted by Gasteiger charge is 2.21. The van der Waals surface area contributed by atoms with Crippen molar-refractivity contribution in [1.82, 2.24) is 9.30 Å². The van der Waals surface area contributed by atoms with Crippen LogP contribution in [0.4, 0.5) is 5.69 Å². The van der Waals surface area contributed by atoms with Crippen LogP contribution in [0.1, 0.15) is 62.0 Å². The molecule has 0 radical (unpaired) electrons. The quantitative estimate of drug-likeness (QED) is 0.116. The van der Waals surface area contributed by atoms with Crippen molar-refractivity contribution in [3.05, 3.63) is 90.3 Å². The Morgan fingerprint density at radius 1 is 0.878 bits per heavy atom. The summed E-state index contributed by atoms with van der Waals surface area (Å²) in [6.45, 7) is 8.40. The average Bonchev–Trinajstić information content (AvgIpc) is 3.34. The third kappa shape index (κ3) is 8.44. The van der Waals surface area contributed by atoms with Gasteiger partial charge < -0.3 is 14.0 Å². The van der Waals surface area contributed by atoms with Gasteiger partial charge in [-0.05, 0) is 80.4 Å². The molecule has 0 saturated carbocycles. The highest BCUT2D eigenvalue weighted by atomic mass is 32.2. The molecule has 2 aromatic carbocycles. The lowest BCUT2D eigenvalue weighted by molar-refractivity contribution is 0.103. The van der Waals surface area contributed by atoms with Gasteiger partial charge in [-0.2, -0.15) is 0 Å². The summed E-state index contributed by atoms with van der Waals surface area (Å²) in [5, 5.41) is 0. The molecule has 0 aliphatic carbocycles. The molecule has 7 nitrogen and oxygen atoms in total. The van der Waals surface area contributed by atoms with E-state index in [1.165, 1.54) is 25.7 Å².